The minimum absolute atomic E-state index is 0.0936. The molecule has 8 heteroatoms. The Kier molecular flexibility index (Phi) is 7.60. The van der Waals surface area contributed by atoms with E-state index in [0.717, 1.165) is 35.3 Å². The normalized spacial score (nSPS) is 15.8. The second-order valence-corrected chi connectivity index (χ2v) is 11.1. The zero-order chi connectivity index (χ0) is 23.3. The lowest BCUT2D eigenvalue weighted by Crippen LogP contribution is -2.35. The number of benzene rings is 2. The third-order valence-corrected chi connectivity index (χ3v) is 8.70. The zero-order valence-corrected chi connectivity index (χ0v) is 20.3. The van der Waals surface area contributed by atoms with Crippen molar-refractivity contribution in [2.75, 3.05) is 25.0 Å². The van der Waals surface area contributed by atoms with Gasteiger partial charge in [0, 0.05) is 23.7 Å². The Morgan fingerprint density at radius 2 is 1.79 bits per heavy atom. The molecule has 6 nitrogen and oxygen atoms in total. The van der Waals surface area contributed by atoms with E-state index in [1.54, 1.807) is 33.8 Å². The molecule has 1 aliphatic rings. The molecule has 0 spiro atoms. The molecular formula is C25H29N3O3S2. The lowest BCUT2D eigenvalue weighted by atomic mass is 10.1. The number of thiophene rings is 1. The van der Waals surface area contributed by atoms with Gasteiger partial charge in [0.1, 0.15) is 0 Å². The van der Waals surface area contributed by atoms with Crippen molar-refractivity contribution in [1.82, 2.24) is 9.62 Å². The lowest BCUT2D eigenvalue weighted by molar-refractivity contribution is -0.115. The predicted molar refractivity (Wildman–Crippen MR) is 133 cm³/mol. The Bertz CT molecular complexity index is 1170. The molecule has 0 unspecified atom stereocenters. The van der Waals surface area contributed by atoms with Gasteiger partial charge in [-0.3, -0.25) is 10.1 Å². The van der Waals surface area contributed by atoms with Gasteiger partial charge in [-0.15, -0.1) is 11.3 Å². The van der Waals surface area contributed by atoms with Crippen molar-refractivity contribution >= 4 is 33.0 Å². The summed E-state index contributed by atoms with van der Waals surface area (Å²) in [5, 5.41) is 8.26. The number of hydrogen-bond acceptors (Lipinski definition) is 5. The summed E-state index contributed by atoms with van der Waals surface area (Å²) in [4.78, 5) is 14.1. The number of aryl methyl sites for hydroxylation is 1. The van der Waals surface area contributed by atoms with Crippen LogP contribution in [0.1, 0.15) is 41.3 Å². The number of nitrogens with one attached hydrogen (secondary N) is 2. The highest BCUT2D eigenvalue weighted by Gasteiger charge is 2.26. The first-order valence-corrected chi connectivity index (χ1v) is 13.5. The van der Waals surface area contributed by atoms with Crippen molar-refractivity contribution in [3.8, 4) is 0 Å². The van der Waals surface area contributed by atoms with Crippen LogP contribution in [0.25, 0.3) is 0 Å². The van der Waals surface area contributed by atoms with E-state index >= 15 is 0 Å². The van der Waals surface area contributed by atoms with E-state index in [4.69, 9.17) is 0 Å². The Labute approximate surface area is 199 Å². The molecule has 0 bridgehead atoms. The summed E-state index contributed by atoms with van der Waals surface area (Å²) in [6.45, 7) is 3.05. The topological polar surface area (TPSA) is 78.5 Å². The first-order valence-electron chi connectivity index (χ1n) is 11.2. The van der Waals surface area contributed by atoms with Gasteiger partial charge in [-0.25, -0.2) is 8.42 Å². The summed E-state index contributed by atoms with van der Waals surface area (Å²) >= 11 is 1.64. The molecule has 174 valence electrons. The van der Waals surface area contributed by atoms with E-state index in [0.29, 0.717) is 18.8 Å². The molecule has 0 radical (unpaired) electrons. The van der Waals surface area contributed by atoms with Gasteiger partial charge in [0.2, 0.25) is 15.9 Å². The number of anilines is 1. The van der Waals surface area contributed by atoms with Crippen LogP contribution < -0.4 is 10.6 Å². The van der Waals surface area contributed by atoms with Gasteiger partial charge in [0.25, 0.3) is 0 Å². The van der Waals surface area contributed by atoms with Gasteiger partial charge in [0.15, 0.2) is 0 Å². The molecule has 33 heavy (non-hydrogen) atoms. The number of rotatable bonds is 8. The molecule has 1 aromatic heterocycles. The number of hydrogen-bond donors (Lipinski definition) is 2. The molecule has 1 atom stereocenters. The smallest absolute Gasteiger partial charge is 0.243 e. The number of piperidine rings is 1. The van der Waals surface area contributed by atoms with E-state index in [9.17, 15) is 13.2 Å². The molecule has 1 fully saturated rings. The summed E-state index contributed by atoms with van der Waals surface area (Å²) in [5.41, 5.74) is 2.42. The van der Waals surface area contributed by atoms with Gasteiger partial charge < -0.3 is 5.32 Å². The summed E-state index contributed by atoms with van der Waals surface area (Å²) < 4.78 is 27.6. The molecule has 3 aromatic rings. The quantitative estimate of drug-likeness (QED) is 0.493. The average Bonchev–Trinajstić information content (AvgIpc) is 3.36. The zero-order valence-electron chi connectivity index (χ0n) is 18.7. The number of nitrogens with zero attached hydrogens (tertiary/aromatic N) is 1. The van der Waals surface area contributed by atoms with Gasteiger partial charge >= 0.3 is 0 Å². The Balaban J connectivity index is 1.46. The molecule has 2 heterocycles. The SMILES string of the molecule is Cc1ccc(S(=O)(=O)N2CCCCC2)cc1NC(=O)CN[C@@H](c1ccccc1)c1cccs1. The third kappa shape index (κ3) is 5.70. The molecule has 0 saturated carbocycles. The van der Waals surface area contributed by atoms with Crippen molar-refractivity contribution in [2.24, 2.45) is 0 Å². The Morgan fingerprint density at radius 3 is 2.48 bits per heavy atom. The first kappa shape index (κ1) is 23.6. The highest BCUT2D eigenvalue weighted by atomic mass is 32.2. The van der Waals surface area contributed by atoms with Crippen molar-refractivity contribution in [3.05, 3.63) is 82.0 Å². The number of amides is 1. The second kappa shape index (κ2) is 10.6. The van der Waals surface area contributed by atoms with E-state index in [1.165, 1.54) is 0 Å². The Morgan fingerprint density at radius 1 is 1.03 bits per heavy atom. The molecular weight excluding hydrogens is 454 g/mol. The van der Waals surface area contributed by atoms with Gasteiger partial charge in [-0.2, -0.15) is 4.31 Å². The molecule has 1 aliphatic heterocycles. The highest BCUT2D eigenvalue weighted by molar-refractivity contribution is 7.89. The minimum Gasteiger partial charge on any atom is -0.325 e. The van der Waals surface area contributed by atoms with Crippen molar-refractivity contribution in [3.63, 3.8) is 0 Å². The minimum atomic E-state index is -3.56. The summed E-state index contributed by atoms with van der Waals surface area (Å²) in [6, 6.07) is 18.9. The largest absolute Gasteiger partial charge is 0.325 e. The lowest BCUT2D eigenvalue weighted by Gasteiger charge is -2.26. The summed E-state index contributed by atoms with van der Waals surface area (Å²) in [5.74, 6) is -0.219. The van der Waals surface area contributed by atoms with E-state index in [2.05, 4.69) is 10.6 Å². The van der Waals surface area contributed by atoms with Gasteiger partial charge in [-0.1, -0.05) is 48.9 Å². The number of carbonyl (C=O) groups excluding carboxylic acids is 1. The predicted octanol–water partition coefficient (Wildman–Crippen LogP) is 4.55. The maximum absolute atomic E-state index is 13.0. The average molecular weight is 484 g/mol. The third-order valence-electron chi connectivity index (χ3n) is 5.86. The van der Waals surface area contributed by atoms with Crippen molar-refractivity contribution < 1.29 is 13.2 Å². The first-order chi connectivity index (χ1) is 15.9. The standard InChI is InChI=1S/C25H29N3O3S2/c1-19-12-13-21(33(30,31)28-14-6-3-7-15-28)17-22(19)27-24(29)18-26-25(23-11-8-16-32-23)20-9-4-2-5-10-20/h2,4-5,8-13,16-17,25-26H,3,6-7,14-15,18H2,1H3,(H,27,29)/t25-/m0/s1. The molecule has 2 aromatic carbocycles. The monoisotopic (exact) mass is 483 g/mol. The highest BCUT2D eigenvalue weighted by Crippen LogP contribution is 2.27. The van der Waals surface area contributed by atoms with Crippen LogP contribution in [-0.2, 0) is 14.8 Å². The van der Waals surface area contributed by atoms with Crippen LogP contribution in [0, 0.1) is 6.92 Å². The fourth-order valence-corrected chi connectivity index (χ4v) is 6.39. The van der Waals surface area contributed by atoms with Crippen LogP contribution in [0.15, 0.2) is 70.9 Å². The molecule has 0 aliphatic carbocycles. The molecule has 4 rings (SSSR count). The van der Waals surface area contributed by atoms with E-state index < -0.39 is 10.0 Å². The van der Waals surface area contributed by atoms with Crippen LogP contribution >= 0.6 is 11.3 Å². The van der Waals surface area contributed by atoms with Crippen LogP contribution in [0.4, 0.5) is 5.69 Å². The molecule has 1 saturated heterocycles. The fourth-order valence-electron chi connectivity index (χ4n) is 4.02. The van der Waals surface area contributed by atoms with E-state index in [-0.39, 0.29) is 23.4 Å². The summed E-state index contributed by atoms with van der Waals surface area (Å²) in [7, 11) is -3.56. The molecule has 1 amide bonds. The maximum atomic E-state index is 13.0. The van der Waals surface area contributed by atoms with Crippen molar-refractivity contribution in [1.29, 1.82) is 0 Å². The second-order valence-electron chi connectivity index (χ2n) is 8.23. The van der Waals surface area contributed by atoms with Gasteiger partial charge in [0.05, 0.1) is 17.5 Å². The van der Waals surface area contributed by atoms with Crippen LogP contribution in [-0.4, -0.2) is 38.3 Å². The number of carbonyl (C=O) groups is 1. The van der Waals surface area contributed by atoms with Crippen LogP contribution in [0.2, 0.25) is 0 Å². The fraction of sp³-hybridized carbons (Fsp3) is 0.320. The number of sulfonamides is 1. The Hall–Kier alpha value is -2.52. The van der Waals surface area contributed by atoms with Gasteiger partial charge in [-0.05, 0) is 54.5 Å². The van der Waals surface area contributed by atoms with Crippen LogP contribution in [0.3, 0.4) is 0 Å². The van der Waals surface area contributed by atoms with Crippen molar-refractivity contribution in [2.45, 2.75) is 37.1 Å². The van der Waals surface area contributed by atoms with E-state index in [1.807, 2.05) is 54.8 Å². The van der Waals surface area contributed by atoms with Crippen LogP contribution in [0.5, 0.6) is 0 Å². The maximum Gasteiger partial charge on any atom is 0.243 e. The molecule has 2 N–H and O–H groups in total. The summed E-state index contributed by atoms with van der Waals surface area (Å²) in [6.07, 6.45) is 2.82.